The van der Waals surface area contributed by atoms with Gasteiger partial charge in [0.15, 0.2) is 0 Å². The average molecular weight is 713 g/mol. The van der Waals surface area contributed by atoms with Gasteiger partial charge in [0.1, 0.15) is 0 Å². The monoisotopic (exact) mass is 712 g/mol. The second-order valence-corrected chi connectivity index (χ2v) is 14.8. The number of hydrogen-bond acceptors (Lipinski definition) is 0. The fourth-order valence-corrected chi connectivity index (χ4v) is 9.01. The Morgan fingerprint density at radius 3 is 1.75 bits per heavy atom. The van der Waals surface area contributed by atoms with Crippen molar-refractivity contribution in [3.05, 3.63) is 230 Å². The number of rotatable bonds is 7. The standard InChI is InChI=1S/C56H40/c1-3-38(45-32-16-19-39-17-4-6-24-46(39)45)33-37(2)40-20-14-21-41(34-40)42-22-15-23-44(35-42)55-50-28-10-12-30-52(50)56(53-31-13-11-29-51(53)55)54-36-43-18-5-7-25-47(43)48-26-8-9-27-49(48)54/h3-13,15-19,21-36H,1-2,14,20H2/b38-33+. The number of allylic oxidation sites excluding steroid dienone is 8. The maximum atomic E-state index is 4.58. The first-order valence-electron chi connectivity index (χ1n) is 19.5. The van der Waals surface area contributed by atoms with Gasteiger partial charge in [-0.3, -0.25) is 0 Å². The normalized spacial score (nSPS) is 13.3. The smallest absolute Gasteiger partial charge is 0.00199 e. The fraction of sp³-hybridized carbons (Fsp3) is 0.0357. The third-order valence-electron chi connectivity index (χ3n) is 11.6. The maximum absolute atomic E-state index is 4.58. The van der Waals surface area contributed by atoms with Crippen LogP contribution in [0.4, 0.5) is 0 Å². The Morgan fingerprint density at radius 1 is 0.482 bits per heavy atom. The van der Waals surface area contributed by atoms with E-state index in [0.29, 0.717) is 0 Å². The van der Waals surface area contributed by atoms with E-state index in [1.54, 1.807) is 0 Å². The molecule has 0 aromatic heterocycles. The minimum atomic E-state index is 0.957. The van der Waals surface area contributed by atoms with Gasteiger partial charge in [0.25, 0.3) is 0 Å². The summed E-state index contributed by atoms with van der Waals surface area (Å²) in [6.07, 6.45) is 10.8. The number of fused-ring (bicyclic) bond motifs is 6. The molecule has 0 N–H and O–H groups in total. The van der Waals surface area contributed by atoms with E-state index in [0.717, 1.165) is 24.0 Å². The van der Waals surface area contributed by atoms with E-state index in [4.69, 9.17) is 0 Å². The molecule has 0 bridgehead atoms. The van der Waals surface area contributed by atoms with Crippen molar-refractivity contribution in [3.8, 4) is 22.3 Å². The Balaban J connectivity index is 1.09. The molecule has 0 heteroatoms. The van der Waals surface area contributed by atoms with Gasteiger partial charge in [0.05, 0.1) is 0 Å². The highest BCUT2D eigenvalue weighted by Crippen LogP contribution is 2.47. The molecule has 0 nitrogen and oxygen atoms in total. The van der Waals surface area contributed by atoms with Gasteiger partial charge in [-0.05, 0) is 141 Å². The molecule has 10 rings (SSSR count). The highest BCUT2D eigenvalue weighted by atomic mass is 14.2. The van der Waals surface area contributed by atoms with Crippen LogP contribution in [0, 0.1) is 0 Å². The molecule has 0 spiro atoms. The first-order chi connectivity index (χ1) is 27.7. The highest BCUT2D eigenvalue weighted by molar-refractivity contribution is 6.25. The van der Waals surface area contributed by atoms with E-state index >= 15 is 0 Å². The minimum absolute atomic E-state index is 0.957. The second-order valence-electron chi connectivity index (χ2n) is 14.8. The van der Waals surface area contributed by atoms with Crippen molar-refractivity contribution in [2.45, 2.75) is 12.8 Å². The molecule has 0 radical (unpaired) electrons. The lowest BCUT2D eigenvalue weighted by Gasteiger charge is -2.20. The zero-order valence-electron chi connectivity index (χ0n) is 31.3. The van der Waals surface area contributed by atoms with Gasteiger partial charge in [-0.2, -0.15) is 0 Å². The Labute approximate surface area is 328 Å². The Morgan fingerprint density at radius 2 is 1.04 bits per heavy atom. The van der Waals surface area contributed by atoms with Crippen molar-refractivity contribution in [1.82, 2.24) is 0 Å². The van der Waals surface area contributed by atoms with Crippen molar-refractivity contribution in [2.75, 3.05) is 0 Å². The maximum Gasteiger partial charge on any atom is -0.00199 e. The molecule has 9 aromatic rings. The van der Waals surface area contributed by atoms with E-state index in [1.165, 1.54) is 98.4 Å². The van der Waals surface area contributed by atoms with E-state index in [-0.39, 0.29) is 0 Å². The van der Waals surface area contributed by atoms with Crippen LogP contribution in [0.1, 0.15) is 24.0 Å². The molecule has 1 aliphatic carbocycles. The van der Waals surface area contributed by atoms with E-state index in [1.807, 2.05) is 6.08 Å². The SMILES string of the molecule is C=C/C(=C\C(=C)C1=CC(c2cccc(-c3c4ccccc4c(-c4cc5ccccc5c5ccccc45)c4ccccc34)c2)=CCC1)c1cccc2ccccc12. The van der Waals surface area contributed by atoms with E-state index in [2.05, 4.69) is 201 Å². The van der Waals surface area contributed by atoms with Crippen molar-refractivity contribution >= 4 is 65.0 Å². The molecule has 0 saturated heterocycles. The third kappa shape index (κ3) is 5.70. The van der Waals surface area contributed by atoms with Crippen LogP contribution in [-0.4, -0.2) is 0 Å². The molecule has 0 amide bonds. The molecule has 9 aromatic carbocycles. The molecule has 56 heavy (non-hydrogen) atoms. The first-order valence-corrected chi connectivity index (χ1v) is 19.5. The summed E-state index contributed by atoms with van der Waals surface area (Å²) < 4.78 is 0. The van der Waals surface area contributed by atoms with Gasteiger partial charge < -0.3 is 0 Å². The van der Waals surface area contributed by atoms with Crippen LogP contribution >= 0.6 is 0 Å². The predicted molar refractivity (Wildman–Crippen MR) is 244 cm³/mol. The molecule has 0 atom stereocenters. The molecular formula is C56H40. The summed E-state index contributed by atoms with van der Waals surface area (Å²) in [6.45, 7) is 8.78. The summed E-state index contributed by atoms with van der Waals surface area (Å²) in [5.41, 5.74) is 12.1. The molecule has 264 valence electrons. The van der Waals surface area contributed by atoms with Crippen molar-refractivity contribution in [2.24, 2.45) is 0 Å². The molecule has 0 aliphatic heterocycles. The Bertz CT molecular complexity index is 3100. The fourth-order valence-electron chi connectivity index (χ4n) is 9.01. The zero-order valence-corrected chi connectivity index (χ0v) is 31.3. The van der Waals surface area contributed by atoms with Gasteiger partial charge in [0, 0.05) is 0 Å². The lowest BCUT2D eigenvalue weighted by molar-refractivity contribution is 0.984. The van der Waals surface area contributed by atoms with Crippen LogP contribution in [0.15, 0.2) is 218 Å². The van der Waals surface area contributed by atoms with Crippen LogP contribution in [-0.2, 0) is 0 Å². The molecular weight excluding hydrogens is 673 g/mol. The summed E-state index contributed by atoms with van der Waals surface area (Å²) in [4.78, 5) is 0. The topological polar surface area (TPSA) is 0 Å². The van der Waals surface area contributed by atoms with Gasteiger partial charge in [-0.15, -0.1) is 0 Å². The summed E-state index contributed by atoms with van der Waals surface area (Å²) in [6, 6.07) is 62.1. The van der Waals surface area contributed by atoms with Gasteiger partial charge >= 0.3 is 0 Å². The summed E-state index contributed by atoms with van der Waals surface area (Å²) in [5.74, 6) is 0. The summed E-state index contributed by atoms with van der Waals surface area (Å²) in [5, 5.41) is 12.6. The molecule has 1 aliphatic rings. The Kier molecular flexibility index (Phi) is 8.38. The van der Waals surface area contributed by atoms with Crippen LogP contribution in [0.5, 0.6) is 0 Å². The van der Waals surface area contributed by atoms with Gasteiger partial charge in [-0.1, -0.05) is 189 Å². The lowest BCUT2D eigenvalue weighted by atomic mass is 9.83. The van der Waals surface area contributed by atoms with Gasteiger partial charge in [-0.25, -0.2) is 0 Å². The molecule has 0 fully saturated rings. The van der Waals surface area contributed by atoms with E-state index < -0.39 is 0 Å². The van der Waals surface area contributed by atoms with Crippen molar-refractivity contribution < 1.29 is 0 Å². The van der Waals surface area contributed by atoms with Crippen LogP contribution in [0.3, 0.4) is 0 Å². The summed E-state index contributed by atoms with van der Waals surface area (Å²) in [7, 11) is 0. The average Bonchev–Trinajstić information content (AvgIpc) is 3.27. The molecule has 0 heterocycles. The highest BCUT2D eigenvalue weighted by Gasteiger charge is 2.20. The third-order valence-corrected chi connectivity index (χ3v) is 11.6. The lowest BCUT2D eigenvalue weighted by Crippen LogP contribution is -1.96. The second kappa shape index (κ2) is 14.0. The minimum Gasteiger partial charge on any atom is -0.0984 e. The van der Waals surface area contributed by atoms with Crippen LogP contribution in [0.2, 0.25) is 0 Å². The van der Waals surface area contributed by atoms with Crippen LogP contribution in [0.25, 0.3) is 87.3 Å². The number of benzene rings is 9. The predicted octanol–water partition coefficient (Wildman–Crippen LogP) is 15.7. The quantitative estimate of drug-likeness (QED) is 0.0877. The first kappa shape index (κ1) is 33.5. The number of hydrogen-bond donors (Lipinski definition) is 0. The zero-order chi connectivity index (χ0) is 37.6. The van der Waals surface area contributed by atoms with Gasteiger partial charge in [0.2, 0.25) is 0 Å². The Hall–Kier alpha value is -7.02. The molecule has 0 saturated carbocycles. The van der Waals surface area contributed by atoms with Crippen molar-refractivity contribution in [1.29, 1.82) is 0 Å². The molecule has 0 unspecified atom stereocenters. The van der Waals surface area contributed by atoms with E-state index in [9.17, 15) is 0 Å². The van der Waals surface area contributed by atoms with Crippen LogP contribution < -0.4 is 0 Å². The summed E-state index contributed by atoms with van der Waals surface area (Å²) >= 11 is 0. The van der Waals surface area contributed by atoms with Crippen molar-refractivity contribution in [3.63, 3.8) is 0 Å². The largest absolute Gasteiger partial charge is 0.0984 e.